The Morgan fingerprint density at radius 3 is 2.21 bits per heavy atom. The number of nitrogens with one attached hydrogen (secondary N) is 2. The second-order valence-corrected chi connectivity index (χ2v) is 6.94. The summed E-state index contributed by atoms with van der Waals surface area (Å²) >= 11 is 5.97. The van der Waals surface area contributed by atoms with Crippen LogP contribution in [0.1, 0.15) is 66.2 Å². The molecule has 0 atom stereocenters. The average molecular weight is 403 g/mol. The van der Waals surface area contributed by atoms with Crippen molar-refractivity contribution >= 4 is 23.4 Å². The van der Waals surface area contributed by atoms with Crippen LogP contribution in [-0.4, -0.2) is 18.4 Å². The van der Waals surface area contributed by atoms with Crippen LogP contribution in [-0.2, 0) is 0 Å². The second-order valence-electron chi connectivity index (χ2n) is 6.53. The first-order chi connectivity index (χ1) is 13.6. The summed E-state index contributed by atoms with van der Waals surface area (Å²) in [5.41, 5.74) is 5.46. The summed E-state index contributed by atoms with van der Waals surface area (Å²) in [4.78, 5) is 24.2. The van der Waals surface area contributed by atoms with Gasteiger partial charge >= 0.3 is 0 Å². The number of hydrogen-bond donors (Lipinski definition) is 2. The summed E-state index contributed by atoms with van der Waals surface area (Å²) in [6.45, 7) is 2.88. The van der Waals surface area contributed by atoms with Gasteiger partial charge in [0.2, 0.25) is 0 Å². The number of ether oxygens (including phenoxy) is 1. The van der Waals surface area contributed by atoms with E-state index in [4.69, 9.17) is 16.3 Å². The van der Waals surface area contributed by atoms with E-state index in [1.165, 1.54) is 32.1 Å². The standard InChI is InChI=1S/C22H27ClN2O3/c1-2-3-4-5-6-9-16-28-18-14-12-17(13-15-18)21(26)24-25-22(27)19-10-7-8-11-20(19)23/h7-8,10-15H,2-6,9,16H2,1H3,(H,24,26)(H,25,27). The third-order valence-electron chi connectivity index (χ3n) is 4.29. The number of halogens is 1. The minimum absolute atomic E-state index is 0.294. The Bertz CT molecular complexity index is 763. The van der Waals surface area contributed by atoms with E-state index in [1.54, 1.807) is 48.5 Å². The highest BCUT2D eigenvalue weighted by Gasteiger charge is 2.11. The molecule has 0 radical (unpaired) electrons. The Morgan fingerprint density at radius 2 is 1.50 bits per heavy atom. The van der Waals surface area contributed by atoms with Crippen molar-refractivity contribution in [2.24, 2.45) is 0 Å². The highest BCUT2D eigenvalue weighted by molar-refractivity contribution is 6.33. The van der Waals surface area contributed by atoms with Crippen LogP contribution in [0.5, 0.6) is 5.75 Å². The summed E-state index contributed by atoms with van der Waals surface area (Å²) in [5, 5.41) is 0.320. The van der Waals surface area contributed by atoms with Gasteiger partial charge in [-0.2, -0.15) is 0 Å². The summed E-state index contributed by atoms with van der Waals surface area (Å²) < 4.78 is 5.70. The smallest absolute Gasteiger partial charge is 0.271 e. The topological polar surface area (TPSA) is 67.4 Å². The molecular formula is C22H27ClN2O3. The highest BCUT2D eigenvalue weighted by Crippen LogP contribution is 2.15. The zero-order valence-electron chi connectivity index (χ0n) is 16.2. The van der Waals surface area contributed by atoms with E-state index in [1.807, 2.05) is 0 Å². The van der Waals surface area contributed by atoms with Crippen LogP contribution in [0.4, 0.5) is 0 Å². The maximum Gasteiger partial charge on any atom is 0.271 e. The Kier molecular flexibility index (Phi) is 9.35. The van der Waals surface area contributed by atoms with Crippen molar-refractivity contribution in [3.63, 3.8) is 0 Å². The average Bonchev–Trinajstić information content (AvgIpc) is 2.72. The van der Waals surface area contributed by atoms with E-state index in [0.717, 1.165) is 12.2 Å². The van der Waals surface area contributed by atoms with Crippen LogP contribution < -0.4 is 15.6 Å². The van der Waals surface area contributed by atoms with Crippen molar-refractivity contribution in [2.75, 3.05) is 6.61 Å². The Hall–Kier alpha value is -2.53. The molecule has 2 aromatic rings. The number of rotatable bonds is 10. The molecule has 2 rings (SSSR count). The van der Waals surface area contributed by atoms with E-state index < -0.39 is 11.8 Å². The molecule has 0 aliphatic heterocycles. The molecule has 5 nitrogen and oxygen atoms in total. The van der Waals surface area contributed by atoms with Crippen LogP contribution in [0.15, 0.2) is 48.5 Å². The van der Waals surface area contributed by atoms with Crippen molar-refractivity contribution in [1.82, 2.24) is 10.9 Å². The van der Waals surface area contributed by atoms with E-state index in [-0.39, 0.29) is 0 Å². The molecule has 0 saturated carbocycles. The SMILES string of the molecule is CCCCCCCCOc1ccc(C(=O)NNC(=O)c2ccccc2Cl)cc1. The van der Waals surface area contributed by atoms with Gasteiger partial charge in [0.1, 0.15) is 5.75 Å². The Balaban J connectivity index is 1.72. The molecule has 6 heteroatoms. The van der Waals surface area contributed by atoms with Gasteiger partial charge in [-0.15, -0.1) is 0 Å². The third kappa shape index (κ3) is 7.24. The van der Waals surface area contributed by atoms with Crippen molar-refractivity contribution in [1.29, 1.82) is 0 Å². The maximum atomic E-state index is 12.2. The number of hydrazine groups is 1. The Labute approximate surface area is 171 Å². The quantitative estimate of drug-likeness (QED) is 0.426. The van der Waals surface area contributed by atoms with Gasteiger partial charge in [-0.3, -0.25) is 20.4 Å². The highest BCUT2D eigenvalue weighted by atomic mass is 35.5. The fraction of sp³-hybridized carbons (Fsp3) is 0.364. The molecule has 0 unspecified atom stereocenters. The molecule has 2 aromatic carbocycles. The molecule has 0 aliphatic rings. The van der Waals surface area contributed by atoms with Crippen LogP contribution in [0.2, 0.25) is 5.02 Å². The molecule has 2 amide bonds. The fourth-order valence-corrected chi connectivity index (χ4v) is 2.89. The van der Waals surface area contributed by atoms with Gasteiger partial charge in [0.05, 0.1) is 17.2 Å². The van der Waals surface area contributed by atoms with Gasteiger partial charge in [-0.1, -0.05) is 62.8 Å². The number of benzene rings is 2. The van der Waals surface area contributed by atoms with E-state index >= 15 is 0 Å². The largest absolute Gasteiger partial charge is 0.494 e. The van der Waals surface area contributed by atoms with Crippen LogP contribution in [0, 0.1) is 0 Å². The van der Waals surface area contributed by atoms with Crippen molar-refractivity contribution < 1.29 is 14.3 Å². The molecule has 2 N–H and O–H groups in total. The van der Waals surface area contributed by atoms with E-state index in [9.17, 15) is 9.59 Å². The Morgan fingerprint density at radius 1 is 0.857 bits per heavy atom. The number of hydrogen-bond acceptors (Lipinski definition) is 3. The third-order valence-corrected chi connectivity index (χ3v) is 4.62. The summed E-state index contributed by atoms with van der Waals surface area (Å²) in [6, 6.07) is 13.5. The normalized spacial score (nSPS) is 10.4. The first-order valence-electron chi connectivity index (χ1n) is 9.70. The first kappa shape index (κ1) is 21.8. The lowest BCUT2D eigenvalue weighted by molar-refractivity contribution is 0.0846. The number of carbonyl (C=O) groups excluding carboxylic acids is 2. The maximum absolute atomic E-state index is 12.2. The summed E-state index contributed by atoms with van der Waals surface area (Å²) in [6.07, 6.45) is 7.28. The number of carbonyl (C=O) groups is 2. The monoisotopic (exact) mass is 402 g/mol. The lowest BCUT2D eigenvalue weighted by Gasteiger charge is -2.09. The van der Waals surface area contributed by atoms with Gasteiger partial charge < -0.3 is 4.74 Å². The number of unbranched alkanes of at least 4 members (excludes halogenated alkanes) is 5. The van der Waals surface area contributed by atoms with E-state index in [2.05, 4.69) is 17.8 Å². The van der Waals surface area contributed by atoms with Crippen molar-refractivity contribution in [3.05, 3.63) is 64.7 Å². The zero-order valence-corrected chi connectivity index (χ0v) is 16.9. The number of amides is 2. The van der Waals surface area contributed by atoms with Gasteiger partial charge in [-0.05, 0) is 42.8 Å². The molecule has 0 aromatic heterocycles. The van der Waals surface area contributed by atoms with Gasteiger partial charge in [0.15, 0.2) is 0 Å². The van der Waals surface area contributed by atoms with E-state index in [0.29, 0.717) is 22.8 Å². The second kappa shape index (κ2) is 12.0. The van der Waals surface area contributed by atoms with Crippen LogP contribution in [0.3, 0.4) is 0 Å². The minimum atomic E-state index is -0.474. The zero-order chi connectivity index (χ0) is 20.2. The lowest BCUT2D eigenvalue weighted by atomic mass is 10.1. The molecule has 150 valence electrons. The fourth-order valence-electron chi connectivity index (χ4n) is 2.67. The summed E-state index contributed by atoms with van der Waals surface area (Å²) in [5.74, 6) is -0.161. The molecule has 0 bridgehead atoms. The van der Waals surface area contributed by atoms with Gasteiger partial charge in [0.25, 0.3) is 11.8 Å². The van der Waals surface area contributed by atoms with Gasteiger partial charge in [0, 0.05) is 5.56 Å². The summed E-state index contributed by atoms with van der Waals surface area (Å²) in [7, 11) is 0. The molecule has 0 saturated heterocycles. The van der Waals surface area contributed by atoms with Crippen LogP contribution in [0.25, 0.3) is 0 Å². The molecular weight excluding hydrogens is 376 g/mol. The molecule has 0 aliphatic carbocycles. The predicted molar refractivity (Wildman–Crippen MR) is 112 cm³/mol. The van der Waals surface area contributed by atoms with Gasteiger partial charge in [-0.25, -0.2) is 0 Å². The molecule has 28 heavy (non-hydrogen) atoms. The minimum Gasteiger partial charge on any atom is -0.494 e. The van der Waals surface area contributed by atoms with Crippen molar-refractivity contribution in [2.45, 2.75) is 45.4 Å². The molecule has 0 fully saturated rings. The molecule has 0 heterocycles. The molecule has 0 spiro atoms. The van der Waals surface area contributed by atoms with Crippen LogP contribution >= 0.6 is 11.6 Å². The first-order valence-corrected chi connectivity index (χ1v) is 10.1. The lowest BCUT2D eigenvalue weighted by Crippen LogP contribution is -2.41. The van der Waals surface area contributed by atoms with Crippen molar-refractivity contribution in [3.8, 4) is 5.75 Å². The predicted octanol–water partition coefficient (Wildman–Crippen LogP) is 5.15.